The highest BCUT2D eigenvalue weighted by molar-refractivity contribution is 7.89. The lowest BCUT2D eigenvalue weighted by Gasteiger charge is -2.56. The van der Waals surface area contributed by atoms with Crippen molar-refractivity contribution in [2.24, 2.45) is 17.8 Å². The topological polar surface area (TPSA) is 59.1 Å². The highest BCUT2D eigenvalue weighted by Crippen LogP contribution is 2.56. The lowest BCUT2D eigenvalue weighted by molar-refractivity contribution is -0.00809. The molecule has 0 saturated heterocycles. The van der Waals surface area contributed by atoms with Crippen LogP contribution in [-0.2, 0) is 10.0 Å². The van der Waals surface area contributed by atoms with Gasteiger partial charge in [0.05, 0.1) is 5.52 Å². The van der Waals surface area contributed by atoms with Gasteiger partial charge in [0.15, 0.2) is 0 Å². The highest BCUT2D eigenvalue weighted by Gasteiger charge is 2.52. The van der Waals surface area contributed by atoms with Crippen LogP contribution in [0.1, 0.15) is 38.5 Å². The molecule has 1 aromatic heterocycles. The minimum atomic E-state index is -3.56. The van der Waals surface area contributed by atoms with Gasteiger partial charge in [0, 0.05) is 17.1 Å². The number of aromatic nitrogens is 1. The SMILES string of the molecule is O=S(=O)(NC12CC3CC(CC(C3)C1)C2)c1cccc2cccnc12. The number of sulfonamides is 1. The molecule has 126 valence electrons. The molecule has 6 rings (SSSR count). The molecule has 0 aliphatic heterocycles. The van der Waals surface area contributed by atoms with Crippen molar-refractivity contribution in [2.75, 3.05) is 0 Å². The third-order valence-corrected chi connectivity index (χ3v) is 7.88. The van der Waals surface area contributed by atoms with E-state index in [0.29, 0.717) is 28.2 Å². The average molecular weight is 342 g/mol. The molecule has 0 spiro atoms. The van der Waals surface area contributed by atoms with E-state index >= 15 is 0 Å². The van der Waals surface area contributed by atoms with Gasteiger partial charge in [-0.3, -0.25) is 4.98 Å². The van der Waals surface area contributed by atoms with E-state index in [-0.39, 0.29) is 5.54 Å². The molecule has 4 aliphatic rings. The predicted molar refractivity (Wildman–Crippen MR) is 93.0 cm³/mol. The number of benzene rings is 1. The lowest BCUT2D eigenvalue weighted by atomic mass is 9.53. The fraction of sp³-hybridized carbons (Fsp3) is 0.526. The van der Waals surface area contributed by atoms with Crippen LogP contribution in [0.15, 0.2) is 41.4 Å². The number of fused-ring (bicyclic) bond motifs is 1. The van der Waals surface area contributed by atoms with Crippen molar-refractivity contribution in [3.63, 3.8) is 0 Å². The summed E-state index contributed by atoms with van der Waals surface area (Å²) in [6, 6.07) is 9.14. The van der Waals surface area contributed by atoms with Gasteiger partial charge in [-0.25, -0.2) is 13.1 Å². The summed E-state index contributed by atoms with van der Waals surface area (Å²) >= 11 is 0. The van der Waals surface area contributed by atoms with E-state index in [1.807, 2.05) is 18.2 Å². The highest BCUT2D eigenvalue weighted by atomic mass is 32.2. The largest absolute Gasteiger partial charge is 0.255 e. The third-order valence-electron chi connectivity index (χ3n) is 6.27. The van der Waals surface area contributed by atoms with Crippen LogP contribution in [0.4, 0.5) is 0 Å². The fourth-order valence-electron chi connectivity index (χ4n) is 5.87. The maximum atomic E-state index is 13.2. The van der Waals surface area contributed by atoms with Crippen molar-refractivity contribution in [3.8, 4) is 0 Å². The van der Waals surface area contributed by atoms with E-state index in [9.17, 15) is 8.42 Å². The second-order valence-electron chi connectivity index (χ2n) is 8.13. The third kappa shape index (κ3) is 2.29. The zero-order chi connectivity index (χ0) is 16.4. The molecule has 24 heavy (non-hydrogen) atoms. The Bertz CT molecular complexity index is 866. The normalized spacial score (nSPS) is 34.8. The summed E-state index contributed by atoms with van der Waals surface area (Å²) in [6.07, 6.45) is 8.60. The van der Waals surface area contributed by atoms with E-state index in [0.717, 1.165) is 24.6 Å². The summed E-state index contributed by atoms with van der Waals surface area (Å²) in [6.45, 7) is 0. The van der Waals surface area contributed by atoms with Gasteiger partial charge in [-0.2, -0.15) is 0 Å². The number of nitrogens with zero attached hydrogens (tertiary/aromatic N) is 1. The standard InChI is InChI=1S/C19H22N2O2S/c22-24(23,17-5-1-3-16-4-2-6-20-18(16)17)21-19-10-13-7-14(11-19)9-15(8-13)12-19/h1-6,13-15,21H,7-12H2. The molecule has 0 radical (unpaired) electrons. The number of rotatable bonds is 3. The van der Waals surface area contributed by atoms with Crippen molar-refractivity contribution in [3.05, 3.63) is 36.5 Å². The summed E-state index contributed by atoms with van der Waals surface area (Å²) in [7, 11) is -3.56. The van der Waals surface area contributed by atoms with Crippen LogP contribution < -0.4 is 4.72 Å². The van der Waals surface area contributed by atoms with Gasteiger partial charge >= 0.3 is 0 Å². The number of nitrogens with one attached hydrogen (secondary N) is 1. The van der Waals surface area contributed by atoms with Crippen molar-refractivity contribution in [1.82, 2.24) is 9.71 Å². The van der Waals surface area contributed by atoms with E-state index in [2.05, 4.69) is 9.71 Å². The number of hydrogen-bond donors (Lipinski definition) is 1. The molecular weight excluding hydrogens is 320 g/mol. The molecule has 4 nitrogen and oxygen atoms in total. The number of hydrogen-bond acceptors (Lipinski definition) is 3. The predicted octanol–water partition coefficient (Wildman–Crippen LogP) is 3.48. The first kappa shape index (κ1) is 14.8. The van der Waals surface area contributed by atoms with Gasteiger partial charge in [0.25, 0.3) is 0 Å². The monoisotopic (exact) mass is 342 g/mol. The molecule has 4 fully saturated rings. The average Bonchev–Trinajstić information content (AvgIpc) is 2.52. The Morgan fingerprint density at radius 3 is 2.25 bits per heavy atom. The van der Waals surface area contributed by atoms with Crippen LogP contribution in [0.3, 0.4) is 0 Å². The summed E-state index contributed by atoms with van der Waals surface area (Å²) in [4.78, 5) is 4.64. The number of para-hydroxylation sites is 1. The summed E-state index contributed by atoms with van der Waals surface area (Å²) < 4.78 is 29.5. The first-order valence-electron chi connectivity index (χ1n) is 8.91. The second kappa shape index (κ2) is 5.02. The van der Waals surface area contributed by atoms with Crippen LogP contribution in [0.5, 0.6) is 0 Å². The van der Waals surface area contributed by atoms with E-state index in [1.54, 1.807) is 18.3 Å². The minimum Gasteiger partial charge on any atom is -0.255 e. The zero-order valence-electron chi connectivity index (χ0n) is 13.6. The fourth-order valence-corrected chi connectivity index (χ4v) is 7.48. The Morgan fingerprint density at radius 1 is 0.958 bits per heavy atom. The van der Waals surface area contributed by atoms with Crippen LogP contribution in [0, 0.1) is 17.8 Å². The van der Waals surface area contributed by atoms with E-state index < -0.39 is 10.0 Å². The van der Waals surface area contributed by atoms with Crippen molar-refractivity contribution in [1.29, 1.82) is 0 Å². The van der Waals surface area contributed by atoms with E-state index in [4.69, 9.17) is 0 Å². The summed E-state index contributed by atoms with van der Waals surface area (Å²) in [5.74, 6) is 2.14. The van der Waals surface area contributed by atoms with Crippen LogP contribution >= 0.6 is 0 Å². The molecule has 1 heterocycles. The van der Waals surface area contributed by atoms with Gasteiger partial charge in [0.1, 0.15) is 4.90 Å². The smallest absolute Gasteiger partial charge is 0.243 e. The Morgan fingerprint density at radius 2 is 1.58 bits per heavy atom. The molecule has 4 bridgehead atoms. The quantitative estimate of drug-likeness (QED) is 0.929. The van der Waals surface area contributed by atoms with E-state index in [1.165, 1.54) is 19.3 Å². The van der Waals surface area contributed by atoms with Crippen molar-refractivity contribution >= 4 is 20.9 Å². The zero-order valence-corrected chi connectivity index (χ0v) is 14.4. The molecule has 4 saturated carbocycles. The van der Waals surface area contributed by atoms with Crippen molar-refractivity contribution < 1.29 is 8.42 Å². The molecule has 0 atom stereocenters. The molecule has 0 amide bonds. The second-order valence-corrected chi connectivity index (χ2v) is 9.79. The van der Waals surface area contributed by atoms with Gasteiger partial charge in [0.2, 0.25) is 10.0 Å². The Kier molecular flexibility index (Phi) is 3.11. The van der Waals surface area contributed by atoms with Crippen LogP contribution in [-0.4, -0.2) is 18.9 Å². The van der Waals surface area contributed by atoms with Gasteiger partial charge < -0.3 is 0 Å². The van der Waals surface area contributed by atoms with Crippen LogP contribution in [0.2, 0.25) is 0 Å². The molecule has 4 aliphatic carbocycles. The minimum absolute atomic E-state index is 0.218. The first-order chi connectivity index (χ1) is 11.5. The molecule has 2 aromatic rings. The molecular formula is C19H22N2O2S. The molecule has 5 heteroatoms. The maximum Gasteiger partial charge on any atom is 0.243 e. The Labute approximate surface area is 142 Å². The Balaban J connectivity index is 1.54. The summed E-state index contributed by atoms with van der Waals surface area (Å²) in [5.41, 5.74) is 0.349. The first-order valence-corrected chi connectivity index (χ1v) is 10.4. The lowest BCUT2D eigenvalue weighted by Crippen LogP contribution is -2.59. The van der Waals surface area contributed by atoms with Crippen LogP contribution in [0.25, 0.3) is 10.9 Å². The summed E-state index contributed by atoms with van der Waals surface area (Å²) in [5, 5.41) is 0.867. The number of pyridine rings is 1. The Hall–Kier alpha value is -1.46. The maximum absolute atomic E-state index is 13.2. The molecule has 0 unspecified atom stereocenters. The molecule has 1 aromatic carbocycles. The van der Waals surface area contributed by atoms with Gasteiger partial charge in [-0.1, -0.05) is 18.2 Å². The van der Waals surface area contributed by atoms with Gasteiger partial charge in [-0.05, 0) is 68.4 Å². The molecule has 1 N–H and O–H groups in total. The van der Waals surface area contributed by atoms with Gasteiger partial charge in [-0.15, -0.1) is 0 Å². The van der Waals surface area contributed by atoms with Crippen molar-refractivity contribution in [2.45, 2.75) is 49.0 Å².